The predicted molar refractivity (Wildman–Crippen MR) is 136 cm³/mol. The third-order valence-corrected chi connectivity index (χ3v) is 6.51. The number of Topliss-reactive ketones (excluding diaryl/α,β-unsaturated/α-hetero) is 1. The van der Waals surface area contributed by atoms with E-state index in [-0.39, 0.29) is 17.5 Å². The average Bonchev–Trinajstić information content (AvgIpc) is 3.38. The molecule has 0 aliphatic heterocycles. The highest BCUT2D eigenvalue weighted by atomic mass is 19.1. The summed E-state index contributed by atoms with van der Waals surface area (Å²) < 4.78 is 33.8. The molecule has 36 heavy (non-hydrogen) atoms. The van der Waals surface area contributed by atoms with Crippen molar-refractivity contribution in [2.24, 2.45) is 0 Å². The summed E-state index contributed by atoms with van der Waals surface area (Å²) in [5, 5.41) is 0. The summed E-state index contributed by atoms with van der Waals surface area (Å²) in [4.78, 5) is 21.6. The number of hydrogen-bond donors (Lipinski definition) is 0. The Morgan fingerprint density at radius 1 is 1.08 bits per heavy atom. The number of nitrogens with zero attached hydrogens (tertiary/aromatic N) is 3. The first kappa shape index (κ1) is 25.4. The molecule has 0 spiro atoms. The quantitative estimate of drug-likeness (QED) is 0.243. The number of aromatic nitrogens is 3. The van der Waals surface area contributed by atoms with Gasteiger partial charge in [0.25, 0.3) is 0 Å². The lowest BCUT2D eigenvalue weighted by Crippen LogP contribution is -2.14. The fraction of sp³-hybridized carbons (Fsp3) is 0.393. The molecule has 7 nitrogen and oxygen atoms in total. The third-order valence-electron chi connectivity index (χ3n) is 6.51. The van der Waals surface area contributed by atoms with Crippen LogP contribution in [0.5, 0.6) is 11.5 Å². The molecule has 0 aliphatic carbocycles. The maximum Gasteiger partial charge on any atom is 0.207 e. The smallest absolute Gasteiger partial charge is 0.207 e. The Morgan fingerprint density at radius 3 is 2.42 bits per heavy atom. The molecule has 0 fully saturated rings. The zero-order chi connectivity index (χ0) is 26.0. The molecule has 8 heteroatoms. The van der Waals surface area contributed by atoms with E-state index in [9.17, 15) is 9.18 Å². The predicted octanol–water partition coefficient (Wildman–Crippen LogP) is 6.25. The first-order valence-corrected chi connectivity index (χ1v) is 12.1. The lowest BCUT2D eigenvalue weighted by molar-refractivity contribution is 0.101. The average molecular weight is 494 g/mol. The molecular weight excluding hydrogens is 461 g/mol. The topological polar surface area (TPSA) is 79.4 Å². The highest BCUT2D eigenvalue weighted by Gasteiger charge is 2.26. The van der Waals surface area contributed by atoms with Gasteiger partial charge in [-0.15, -0.1) is 0 Å². The van der Waals surface area contributed by atoms with Gasteiger partial charge in [-0.2, -0.15) is 0 Å². The molecule has 4 rings (SSSR count). The first-order chi connectivity index (χ1) is 17.2. The Balaban J connectivity index is 1.63. The molecule has 0 aliphatic rings. The molecule has 0 N–H and O–H groups in total. The van der Waals surface area contributed by atoms with E-state index in [2.05, 4.69) is 21.5 Å². The van der Waals surface area contributed by atoms with Crippen molar-refractivity contribution in [1.29, 1.82) is 0 Å². The van der Waals surface area contributed by atoms with Gasteiger partial charge >= 0.3 is 0 Å². The van der Waals surface area contributed by atoms with Crippen LogP contribution in [0.3, 0.4) is 0 Å². The van der Waals surface area contributed by atoms with Gasteiger partial charge in [-0.25, -0.2) is 14.4 Å². The van der Waals surface area contributed by atoms with E-state index >= 15 is 0 Å². The fourth-order valence-corrected chi connectivity index (χ4v) is 4.49. The van der Waals surface area contributed by atoms with Crippen LogP contribution in [0.25, 0.3) is 11.1 Å². The van der Waals surface area contributed by atoms with Crippen LogP contribution in [-0.2, 0) is 6.54 Å². The second kappa shape index (κ2) is 10.5. The molecule has 0 saturated carbocycles. The zero-order valence-corrected chi connectivity index (χ0v) is 21.6. The summed E-state index contributed by atoms with van der Waals surface area (Å²) in [6.07, 6.45) is 2.50. The first-order valence-electron chi connectivity index (χ1n) is 12.1. The summed E-state index contributed by atoms with van der Waals surface area (Å²) >= 11 is 0. The van der Waals surface area contributed by atoms with Gasteiger partial charge in [-0.3, -0.25) is 4.79 Å². The molecule has 0 amide bonds. The van der Waals surface area contributed by atoms with Gasteiger partial charge in [0.05, 0.1) is 18.7 Å². The summed E-state index contributed by atoms with van der Waals surface area (Å²) in [5.41, 5.74) is 4.26. The van der Waals surface area contributed by atoms with E-state index in [4.69, 9.17) is 13.9 Å². The Labute approximate surface area is 210 Å². The van der Waals surface area contributed by atoms with Gasteiger partial charge in [0.1, 0.15) is 23.8 Å². The highest BCUT2D eigenvalue weighted by Crippen LogP contribution is 2.43. The van der Waals surface area contributed by atoms with Crippen LogP contribution in [-0.4, -0.2) is 33.5 Å². The van der Waals surface area contributed by atoms with Crippen molar-refractivity contribution < 1.29 is 23.1 Å². The maximum absolute atomic E-state index is 13.3. The lowest BCUT2D eigenvalue weighted by Gasteiger charge is -2.19. The van der Waals surface area contributed by atoms with Crippen LogP contribution < -0.4 is 9.47 Å². The van der Waals surface area contributed by atoms with Crippen LogP contribution in [0.4, 0.5) is 4.39 Å². The zero-order valence-electron chi connectivity index (χ0n) is 21.6. The van der Waals surface area contributed by atoms with E-state index < -0.39 is 0 Å². The van der Waals surface area contributed by atoms with Gasteiger partial charge < -0.3 is 18.5 Å². The number of halogens is 1. The van der Waals surface area contributed by atoms with Crippen LogP contribution in [0.15, 0.2) is 34.9 Å². The maximum atomic E-state index is 13.3. The van der Waals surface area contributed by atoms with Gasteiger partial charge in [-0.05, 0) is 63.3 Å². The molecule has 4 aromatic rings. The number of hydrogen-bond acceptors (Lipinski definition) is 6. The van der Waals surface area contributed by atoms with Crippen molar-refractivity contribution in [2.45, 2.75) is 60.4 Å². The van der Waals surface area contributed by atoms with Crippen LogP contribution >= 0.6 is 0 Å². The molecule has 190 valence electrons. The highest BCUT2D eigenvalue weighted by molar-refractivity contribution is 6.05. The number of ketones is 1. The number of fused-ring (bicyclic) bond motifs is 1. The van der Waals surface area contributed by atoms with Crippen LogP contribution in [0.2, 0.25) is 0 Å². The van der Waals surface area contributed by atoms with E-state index in [1.807, 2.05) is 27.0 Å². The minimum Gasteiger partial charge on any atom is -0.487 e. The molecule has 1 atom stereocenters. The largest absolute Gasteiger partial charge is 0.487 e. The minimum absolute atomic E-state index is 0.135. The number of ether oxygens (including phenoxy) is 2. The minimum atomic E-state index is -0.260. The Morgan fingerprint density at radius 2 is 1.78 bits per heavy atom. The number of imidazole rings is 1. The number of carbonyl (C=O) groups is 1. The van der Waals surface area contributed by atoms with Crippen molar-refractivity contribution in [2.75, 3.05) is 13.2 Å². The van der Waals surface area contributed by atoms with Crippen molar-refractivity contribution in [3.63, 3.8) is 0 Å². The molecule has 0 saturated heterocycles. The van der Waals surface area contributed by atoms with Crippen LogP contribution in [0.1, 0.15) is 65.1 Å². The Hall–Kier alpha value is -3.68. The summed E-state index contributed by atoms with van der Waals surface area (Å²) in [6.45, 7) is 12.4. The lowest BCUT2D eigenvalue weighted by atomic mass is 9.98. The molecule has 2 heterocycles. The van der Waals surface area contributed by atoms with Crippen molar-refractivity contribution >= 4 is 16.9 Å². The summed E-state index contributed by atoms with van der Waals surface area (Å²) in [6, 6.07) is 6.49. The summed E-state index contributed by atoms with van der Waals surface area (Å²) in [5.74, 6) is 1.88. The van der Waals surface area contributed by atoms with Crippen molar-refractivity contribution in [3.05, 3.63) is 70.4 Å². The molecule has 0 bridgehead atoms. The van der Waals surface area contributed by atoms with Crippen molar-refractivity contribution in [3.8, 4) is 11.5 Å². The van der Waals surface area contributed by atoms with E-state index in [0.29, 0.717) is 65.8 Å². The van der Waals surface area contributed by atoms with E-state index in [0.717, 1.165) is 17.1 Å². The Kier molecular flexibility index (Phi) is 7.43. The third kappa shape index (κ3) is 5.12. The molecule has 1 unspecified atom stereocenters. The van der Waals surface area contributed by atoms with Gasteiger partial charge in [-0.1, -0.05) is 19.1 Å². The SMILES string of the molecule is CC(=O)c1c(OCCn2c(C)cnc2C)c(OCCC(C)c2ccc(F)cc2)c2oc(C)nc2c1C. The molecule has 2 aromatic heterocycles. The van der Waals surface area contributed by atoms with Gasteiger partial charge in [0.15, 0.2) is 17.4 Å². The second-order valence-electron chi connectivity index (χ2n) is 9.16. The number of benzene rings is 2. The monoisotopic (exact) mass is 493 g/mol. The Bertz CT molecular complexity index is 1370. The van der Waals surface area contributed by atoms with Gasteiger partial charge in [0, 0.05) is 18.8 Å². The number of aryl methyl sites for hydroxylation is 4. The number of oxazole rings is 1. The molecule has 2 aromatic carbocycles. The normalized spacial score (nSPS) is 12.2. The van der Waals surface area contributed by atoms with Crippen LogP contribution in [0, 0.1) is 33.5 Å². The fourth-order valence-electron chi connectivity index (χ4n) is 4.49. The second-order valence-corrected chi connectivity index (χ2v) is 9.16. The standard InChI is InChI=1S/C28H32FN3O4/c1-16(22-7-9-23(29)10-8-22)11-13-34-28-26(35-14-12-32-17(2)15-30-20(32)5)24(19(4)33)18(3)25-27(28)36-21(6)31-25/h7-10,15-16H,11-14H2,1-6H3. The van der Waals surface area contributed by atoms with E-state index in [1.54, 1.807) is 19.1 Å². The number of carbonyl (C=O) groups excluding carboxylic acids is 1. The van der Waals surface area contributed by atoms with Crippen molar-refractivity contribution in [1.82, 2.24) is 14.5 Å². The molecular formula is C28H32FN3O4. The van der Waals surface area contributed by atoms with Gasteiger partial charge in [0.2, 0.25) is 11.3 Å². The molecule has 0 radical (unpaired) electrons. The number of rotatable bonds is 10. The summed E-state index contributed by atoms with van der Waals surface area (Å²) in [7, 11) is 0. The van der Waals surface area contributed by atoms with E-state index in [1.165, 1.54) is 19.1 Å².